The van der Waals surface area contributed by atoms with Gasteiger partial charge in [0, 0.05) is 25.4 Å². The molecule has 0 aromatic carbocycles. The van der Waals surface area contributed by atoms with E-state index in [0.717, 1.165) is 12.8 Å². The van der Waals surface area contributed by atoms with Gasteiger partial charge in [0.1, 0.15) is 11.4 Å². The zero-order chi connectivity index (χ0) is 13.1. The molecule has 1 unspecified atom stereocenters. The van der Waals surface area contributed by atoms with Crippen molar-refractivity contribution in [3.05, 3.63) is 0 Å². The van der Waals surface area contributed by atoms with Gasteiger partial charge in [-0.3, -0.25) is 4.79 Å². The number of hydrogen-bond donors (Lipinski definition) is 0. The van der Waals surface area contributed by atoms with Crippen molar-refractivity contribution in [2.75, 3.05) is 13.1 Å². The van der Waals surface area contributed by atoms with Gasteiger partial charge < -0.3 is 9.64 Å². The van der Waals surface area contributed by atoms with Gasteiger partial charge in [-0.05, 0) is 33.6 Å². The van der Waals surface area contributed by atoms with E-state index in [-0.39, 0.29) is 17.8 Å². The highest BCUT2D eigenvalue weighted by molar-refractivity contribution is 5.82. The number of nitrogens with zero attached hydrogens (tertiary/aromatic N) is 1. The zero-order valence-corrected chi connectivity index (χ0v) is 11.3. The first kappa shape index (κ1) is 14.0. The fraction of sp³-hybridized carbons (Fsp3) is 0.846. The van der Waals surface area contributed by atoms with Gasteiger partial charge in [0.15, 0.2) is 0 Å². The third-order valence-corrected chi connectivity index (χ3v) is 2.79. The molecule has 0 radical (unpaired) electrons. The number of carbonyl (C=O) groups is 2. The molecule has 1 rings (SSSR count). The highest BCUT2D eigenvalue weighted by Crippen LogP contribution is 2.21. The van der Waals surface area contributed by atoms with Crippen LogP contribution in [-0.2, 0) is 9.53 Å². The van der Waals surface area contributed by atoms with Crippen LogP contribution >= 0.6 is 0 Å². The van der Waals surface area contributed by atoms with Crippen molar-refractivity contribution in [3.63, 3.8) is 0 Å². The Balaban J connectivity index is 2.45. The number of ether oxygens (including phenoxy) is 1. The zero-order valence-electron chi connectivity index (χ0n) is 11.3. The predicted molar refractivity (Wildman–Crippen MR) is 65.8 cm³/mol. The Morgan fingerprint density at radius 1 is 1.35 bits per heavy atom. The minimum Gasteiger partial charge on any atom is -0.444 e. The van der Waals surface area contributed by atoms with E-state index in [1.165, 1.54) is 0 Å². The van der Waals surface area contributed by atoms with Gasteiger partial charge >= 0.3 is 6.09 Å². The van der Waals surface area contributed by atoms with Crippen molar-refractivity contribution in [3.8, 4) is 0 Å². The van der Waals surface area contributed by atoms with Crippen LogP contribution in [0, 0.1) is 5.92 Å². The smallest absolute Gasteiger partial charge is 0.410 e. The van der Waals surface area contributed by atoms with E-state index < -0.39 is 5.60 Å². The highest BCUT2D eigenvalue weighted by Gasteiger charge is 2.32. The molecule has 0 aromatic rings. The first-order valence-corrected chi connectivity index (χ1v) is 6.34. The van der Waals surface area contributed by atoms with Gasteiger partial charge in [0.05, 0.1) is 0 Å². The number of carbonyl (C=O) groups excluding carboxylic acids is 2. The second kappa shape index (κ2) is 5.52. The Morgan fingerprint density at radius 2 is 2.00 bits per heavy atom. The van der Waals surface area contributed by atoms with Crippen LogP contribution in [0.3, 0.4) is 0 Å². The molecule has 1 heterocycles. The van der Waals surface area contributed by atoms with Crippen molar-refractivity contribution >= 4 is 11.9 Å². The molecule has 1 atom stereocenters. The molecule has 0 aromatic heterocycles. The lowest BCUT2D eigenvalue weighted by molar-refractivity contribution is -0.122. The number of ketones is 1. The number of likely N-dealkylation sites (tertiary alicyclic amines) is 1. The van der Waals surface area contributed by atoms with Crippen molar-refractivity contribution in [2.24, 2.45) is 5.92 Å². The minimum absolute atomic E-state index is 0.0162. The summed E-state index contributed by atoms with van der Waals surface area (Å²) in [6.07, 6.45) is 1.97. The Morgan fingerprint density at radius 3 is 2.53 bits per heavy atom. The first-order valence-electron chi connectivity index (χ1n) is 6.34. The molecule has 1 amide bonds. The average molecular weight is 241 g/mol. The van der Waals surface area contributed by atoms with Crippen molar-refractivity contribution in [1.29, 1.82) is 0 Å². The lowest BCUT2D eigenvalue weighted by Gasteiger charge is -2.24. The van der Waals surface area contributed by atoms with E-state index in [1.54, 1.807) is 4.90 Å². The summed E-state index contributed by atoms with van der Waals surface area (Å²) in [6.45, 7) is 8.70. The molecule has 1 fully saturated rings. The van der Waals surface area contributed by atoms with E-state index in [2.05, 4.69) is 0 Å². The molecule has 0 aliphatic carbocycles. The van der Waals surface area contributed by atoms with Crippen LogP contribution in [0.25, 0.3) is 0 Å². The summed E-state index contributed by atoms with van der Waals surface area (Å²) in [4.78, 5) is 25.1. The molecular formula is C13H23NO3. The predicted octanol–water partition coefficient (Wildman–Crippen LogP) is 2.61. The topological polar surface area (TPSA) is 46.6 Å². The molecule has 0 saturated carbocycles. The summed E-state index contributed by atoms with van der Waals surface area (Å²) < 4.78 is 5.29. The largest absolute Gasteiger partial charge is 0.444 e. The third-order valence-electron chi connectivity index (χ3n) is 2.79. The van der Waals surface area contributed by atoms with Crippen molar-refractivity contribution in [2.45, 2.75) is 52.6 Å². The monoisotopic (exact) mass is 241 g/mol. The van der Waals surface area contributed by atoms with Crippen LogP contribution in [0.1, 0.15) is 47.0 Å². The molecule has 17 heavy (non-hydrogen) atoms. The molecule has 4 nitrogen and oxygen atoms in total. The molecule has 0 spiro atoms. The van der Waals surface area contributed by atoms with E-state index in [4.69, 9.17) is 4.74 Å². The summed E-state index contributed by atoms with van der Waals surface area (Å²) in [5, 5.41) is 0. The highest BCUT2D eigenvalue weighted by atomic mass is 16.6. The van der Waals surface area contributed by atoms with Gasteiger partial charge in [-0.2, -0.15) is 0 Å². The van der Waals surface area contributed by atoms with Crippen LogP contribution in [-0.4, -0.2) is 35.5 Å². The van der Waals surface area contributed by atoms with Gasteiger partial charge in [-0.15, -0.1) is 0 Å². The Labute approximate surface area is 103 Å². The Bertz CT molecular complexity index is 294. The number of rotatable bonds is 3. The van der Waals surface area contributed by atoms with Crippen LogP contribution in [0.2, 0.25) is 0 Å². The fourth-order valence-electron chi connectivity index (χ4n) is 1.97. The molecule has 0 N–H and O–H groups in total. The van der Waals surface area contributed by atoms with Gasteiger partial charge in [-0.25, -0.2) is 4.79 Å². The minimum atomic E-state index is -0.470. The van der Waals surface area contributed by atoms with E-state index in [0.29, 0.717) is 19.5 Å². The average Bonchev–Trinajstić information content (AvgIpc) is 2.63. The number of hydrogen-bond acceptors (Lipinski definition) is 3. The summed E-state index contributed by atoms with van der Waals surface area (Å²) >= 11 is 0. The summed E-state index contributed by atoms with van der Waals surface area (Å²) in [5.74, 6) is 0.293. The second-order valence-corrected chi connectivity index (χ2v) is 5.63. The van der Waals surface area contributed by atoms with Crippen molar-refractivity contribution in [1.82, 2.24) is 4.90 Å². The van der Waals surface area contributed by atoms with Gasteiger partial charge in [0.25, 0.3) is 0 Å². The molecule has 1 saturated heterocycles. The van der Waals surface area contributed by atoms with E-state index >= 15 is 0 Å². The van der Waals surface area contributed by atoms with E-state index in [9.17, 15) is 9.59 Å². The van der Waals surface area contributed by atoms with Gasteiger partial charge in [0.2, 0.25) is 0 Å². The maximum absolute atomic E-state index is 11.8. The summed E-state index contributed by atoms with van der Waals surface area (Å²) in [7, 11) is 0. The Hall–Kier alpha value is -1.06. The molecule has 4 heteroatoms. The van der Waals surface area contributed by atoms with Crippen LogP contribution in [0.4, 0.5) is 4.79 Å². The maximum atomic E-state index is 11.8. The standard InChI is InChI=1S/C13H23NO3/c1-5-6-11(15)10-7-8-14(9-10)12(16)17-13(2,3)4/h10H,5-9H2,1-4H3. The van der Waals surface area contributed by atoms with Crippen LogP contribution in [0.5, 0.6) is 0 Å². The molecule has 98 valence electrons. The van der Waals surface area contributed by atoms with E-state index in [1.807, 2.05) is 27.7 Å². The van der Waals surface area contributed by atoms with Gasteiger partial charge in [-0.1, -0.05) is 6.92 Å². The number of Topliss-reactive ketones (excluding diaryl/α,β-unsaturated/α-hetero) is 1. The first-order chi connectivity index (χ1) is 7.83. The molecule has 0 bridgehead atoms. The molecular weight excluding hydrogens is 218 g/mol. The summed E-state index contributed by atoms with van der Waals surface area (Å²) in [6, 6.07) is 0. The van der Waals surface area contributed by atoms with Crippen LogP contribution in [0.15, 0.2) is 0 Å². The lowest BCUT2D eigenvalue weighted by Crippen LogP contribution is -2.35. The molecule has 1 aliphatic heterocycles. The quantitative estimate of drug-likeness (QED) is 0.763. The fourth-order valence-corrected chi connectivity index (χ4v) is 1.97. The summed E-state index contributed by atoms with van der Waals surface area (Å²) in [5.41, 5.74) is -0.470. The number of amides is 1. The van der Waals surface area contributed by atoms with Crippen molar-refractivity contribution < 1.29 is 14.3 Å². The van der Waals surface area contributed by atoms with Crippen LogP contribution < -0.4 is 0 Å². The lowest BCUT2D eigenvalue weighted by atomic mass is 10.0. The normalized spacial score (nSPS) is 20.5. The molecule has 1 aliphatic rings. The third kappa shape index (κ3) is 4.36. The Kier molecular flexibility index (Phi) is 4.54. The second-order valence-electron chi connectivity index (χ2n) is 5.63. The maximum Gasteiger partial charge on any atom is 0.410 e. The SMILES string of the molecule is CCCC(=O)C1CCN(C(=O)OC(C)(C)C)C1.